The summed E-state index contributed by atoms with van der Waals surface area (Å²) < 4.78 is 1.89. The zero-order valence-corrected chi connectivity index (χ0v) is 13.8. The fourth-order valence-corrected chi connectivity index (χ4v) is 3.59. The highest BCUT2D eigenvalue weighted by Crippen LogP contribution is 2.20. The zero-order chi connectivity index (χ0) is 15.8. The van der Waals surface area contributed by atoms with Crippen LogP contribution in [0.5, 0.6) is 0 Å². The average molecular weight is 348 g/mol. The van der Waals surface area contributed by atoms with Gasteiger partial charge in [0.15, 0.2) is 5.65 Å². The molecule has 3 aromatic rings. The SMILES string of the molecule is O=C(c1cccs1)N1CCN(c2nnc3ccc(Cl)cn23)CC1. The van der Waals surface area contributed by atoms with Crippen LogP contribution in [0, 0.1) is 0 Å². The van der Waals surface area contributed by atoms with Gasteiger partial charge in [-0.05, 0) is 23.6 Å². The van der Waals surface area contributed by atoms with Crippen molar-refractivity contribution >= 4 is 40.4 Å². The third-order valence-electron chi connectivity index (χ3n) is 3.93. The molecule has 1 aliphatic rings. The molecule has 1 aliphatic heterocycles. The molecular formula is C15H14ClN5OS. The third kappa shape index (κ3) is 2.66. The van der Waals surface area contributed by atoms with Crippen LogP contribution in [0.1, 0.15) is 9.67 Å². The number of carbonyl (C=O) groups is 1. The smallest absolute Gasteiger partial charge is 0.264 e. The van der Waals surface area contributed by atoms with Crippen LogP contribution in [0.2, 0.25) is 5.02 Å². The van der Waals surface area contributed by atoms with E-state index in [2.05, 4.69) is 15.1 Å². The molecule has 0 aliphatic carbocycles. The number of anilines is 1. The summed E-state index contributed by atoms with van der Waals surface area (Å²) in [5, 5.41) is 11.0. The highest BCUT2D eigenvalue weighted by atomic mass is 35.5. The second kappa shape index (κ2) is 5.82. The topological polar surface area (TPSA) is 53.7 Å². The molecule has 0 atom stereocenters. The molecule has 4 rings (SSSR count). The monoisotopic (exact) mass is 347 g/mol. The number of hydrogen-bond donors (Lipinski definition) is 0. The summed E-state index contributed by atoms with van der Waals surface area (Å²) in [5.41, 5.74) is 0.765. The first kappa shape index (κ1) is 14.5. The molecule has 4 heterocycles. The number of pyridine rings is 1. The van der Waals surface area contributed by atoms with Crippen LogP contribution in [0.3, 0.4) is 0 Å². The van der Waals surface area contributed by atoms with Gasteiger partial charge in [0.05, 0.1) is 9.90 Å². The van der Waals surface area contributed by atoms with Gasteiger partial charge in [0.25, 0.3) is 5.91 Å². The van der Waals surface area contributed by atoms with Crippen molar-refractivity contribution in [3.63, 3.8) is 0 Å². The molecule has 1 fully saturated rings. The number of rotatable bonds is 2. The zero-order valence-electron chi connectivity index (χ0n) is 12.2. The Kier molecular flexibility index (Phi) is 3.66. The Labute approximate surface area is 141 Å². The van der Waals surface area contributed by atoms with E-state index in [1.54, 1.807) is 6.07 Å². The summed E-state index contributed by atoms with van der Waals surface area (Å²) >= 11 is 7.54. The van der Waals surface area contributed by atoms with E-state index in [0.29, 0.717) is 18.1 Å². The largest absolute Gasteiger partial charge is 0.337 e. The van der Waals surface area contributed by atoms with Crippen molar-refractivity contribution < 1.29 is 4.79 Å². The number of aromatic nitrogens is 3. The first-order valence-electron chi connectivity index (χ1n) is 7.30. The maximum Gasteiger partial charge on any atom is 0.264 e. The Morgan fingerprint density at radius 1 is 1.13 bits per heavy atom. The molecule has 8 heteroatoms. The molecule has 6 nitrogen and oxygen atoms in total. The van der Waals surface area contributed by atoms with Gasteiger partial charge in [-0.15, -0.1) is 21.5 Å². The number of nitrogens with zero attached hydrogens (tertiary/aromatic N) is 5. The number of halogens is 1. The number of thiophene rings is 1. The summed E-state index contributed by atoms with van der Waals surface area (Å²) in [6.45, 7) is 2.80. The lowest BCUT2D eigenvalue weighted by Gasteiger charge is -2.34. The van der Waals surface area contributed by atoms with Gasteiger partial charge in [-0.2, -0.15) is 0 Å². The predicted molar refractivity (Wildman–Crippen MR) is 90.4 cm³/mol. The van der Waals surface area contributed by atoms with E-state index in [4.69, 9.17) is 11.6 Å². The lowest BCUT2D eigenvalue weighted by atomic mass is 10.3. The minimum Gasteiger partial charge on any atom is -0.337 e. The average Bonchev–Trinajstić information content (AvgIpc) is 3.24. The minimum absolute atomic E-state index is 0.105. The molecule has 0 unspecified atom stereocenters. The van der Waals surface area contributed by atoms with Gasteiger partial charge < -0.3 is 9.80 Å². The molecule has 23 heavy (non-hydrogen) atoms. The lowest BCUT2D eigenvalue weighted by molar-refractivity contribution is 0.0751. The molecule has 1 saturated heterocycles. The van der Waals surface area contributed by atoms with Crippen molar-refractivity contribution in [3.8, 4) is 0 Å². The quantitative estimate of drug-likeness (QED) is 0.714. The molecule has 0 aromatic carbocycles. The molecule has 0 bridgehead atoms. The minimum atomic E-state index is 0.105. The molecule has 0 saturated carbocycles. The lowest BCUT2D eigenvalue weighted by Crippen LogP contribution is -2.49. The van der Waals surface area contributed by atoms with Crippen LogP contribution in [0.25, 0.3) is 5.65 Å². The summed E-state index contributed by atoms with van der Waals surface area (Å²) in [7, 11) is 0. The van der Waals surface area contributed by atoms with Crippen molar-refractivity contribution in [1.82, 2.24) is 19.5 Å². The first-order valence-corrected chi connectivity index (χ1v) is 8.56. The van der Waals surface area contributed by atoms with E-state index in [-0.39, 0.29) is 5.91 Å². The van der Waals surface area contributed by atoms with E-state index < -0.39 is 0 Å². The molecule has 0 spiro atoms. The second-order valence-electron chi connectivity index (χ2n) is 5.33. The van der Waals surface area contributed by atoms with Gasteiger partial charge in [0.2, 0.25) is 5.95 Å². The van der Waals surface area contributed by atoms with E-state index in [9.17, 15) is 4.79 Å². The molecular weight excluding hydrogens is 334 g/mol. The van der Waals surface area contributed by atoms with Crippen LogP contribution < -0.4 is 4.90 Å². The van der Waals surface area contributed by atoms with Crippen molar-refractivity contribution in [3.05, 3.63) is 45.7 Å². The Hall–Kier alpha value is -2.12. The number of carbonyl (C=O) groups excluding carboxylic acids is 1. The molecule has 118 valence electrons. The molecule has 1 amide bonds. The highest BCUT2D eigenvalue weighted by molar-refractivity contribution is 7.12. The van der Waals surface area contributed by atoms with Crippen LogP contribution >= 0.6 is 22.9 Å². The maximum absolute atomic E-state index is 12.4. The Morgan fingerprint density at radius 3 is 2.70 bits per heavy atom. The Morgan fingerprint density at radius 2 is 1.96 bits per heavy atom. The fraction of sp³-hybridized carbons (Fsp3) is 0.267. The molecule has 0 radical (unpaired) electrons. The predicted octanol–water partition coefficient (Wildman–Crippen LogP) is 2.41. The van der Waals surface area contributed by atoms with Crippen LogP contribution in [-0.4, -0.2) is 51.6 Å². The van der Waals surface area contributed by atoms with Crippen molar-refractivity contribution in [1.29, 1.82) is 0 Å². The van der Waals surface area contributed by atoms with E-state index >= 15 is 0 Å². The second-order valence-corrected chi connectivity index (χ2v) is 6.72. The number of hydrogen-bond acceptors (Lipinski definition) is 5. The molecule has 3 aromatic heterocycles. The molecule has 0 N–H and O–H groups in total. The van der Waals surface area contributed by atoms with Gasteiger partial charge in [0.1, 0.15) is 0 Å². The number of piperazine rings is 1. The van der Waals surface area contributed by atoms with E-state index in [1.807, 2.05) is 39.1 Å². The van der Waals surface area contributed by atoms with Gasteiger partial charge in [-0.25, -0.2) is 0 Å². The van der Waals surface area contributed by atoms with Gasteiger partial charge in [-0.3, -0.25) is 9.20 Å². The van der Waals surface area contributed by atoms with Crippen LogP contribution in [-0.2, 0) is 0 Å². The van der Waals surface area contributed by atoms with Gasteiger partial charge >= 0.3 is 0 Å². The van der Waals surface area contributed by atoms with E-state index in [0.717, 1.165) is 29.6 Å². The Balaban J connectivity index is 1.51. The third-order valence-corrected chi connectivity index (χ3v) is 5.01. The highest BCUT2D eigenvalue weighted by Gasteiger charge is 2.25. The summed E-state index contributed by atoms with van der Waals surface area (Å²) in [4.78, 5) is 17.2. The van der Waals surface area contributed by atoms with Crippen LogP contribution in [0.4, 0.5) is 5.95 Å². The van der Waals surface area contributed by atoms with Crippen molar-refractivity contribution in [2.24, 2.45) is 0 Å². The van der Waals surface area contributed by atoms with Gasteiger partial charge in [-0.1, -0.05) is 17.7 Å². The summed E-state index contributed by atoms with van der Waals surface area (Å²) in [6, 6.07) is 7.41. The number of amides is 1. The Bertz CT molecular complexity index is 839. The summed E-state index contributed by atoms with van der Waals surface area (Å²) in [6.07, 6.45) is 1.81. The summed E-state index contributed by atoms with van der Waals surface area (Å²) in [5.74, 6) is 0.875. The first-order chi connectivity index (χ1) is 11.2. The van der Waals surface area contributed by atoms with Crippen molar-refractivity contribution in [2.75, 3.05) is 31.1 Å². The standard InChI is InChI=1S/C15H14ClN5OS/c16-11-3-4-13-17-18-15(21(13)10-11)20-7-5-19(6-8-20)14(22)12-2-1-9-23-12/h1-4,9-10H,5-8H2. The van der Waals surface area contributed by atoms with Gasteiger partial charge in [0, 0.05) is 32.4 Å². The normalized spacial score (nSPS) is 15.3. The van der Waals surface area contributed by atoms with E-state index in [1.165, 1.54) is 11.3 Å². The van der Waals surface area contributed by atoms with Crippen molar-refractivity contribution in [2.45, 2.75) is 0 Å². The van der Waals surface area contributed by atoms with Crippen LogP contribution in [0.15, 0.2) is 35.8 Å². The fourth-order valence-electron chi connectivity index (χ4n) is 2.73. The maximum atomic E-state index is 12.4. The number of fused-ring (bicyclic) bond motifs is 1.